The van der Waals surface area contributed by atoms with Gasteiger partial charge in [0, 0.05) is 24.4 Å². The van der Waals surface area contributed by atoms with E-state index in [1.807, 2.05) is 18.2 Å². The fraction of sp³-hybridized carbons (Fsp3) is 0.562. The summed E-state index contributed by atoms with van der Waals surface area (Å²) >= 11 is 0. The largest absolute Gasteiger partial charge is 0.339 e. The summed E-state index contributed by atoms with van der Waals surface area (Å²) in [6.07, 6.45) is 4.27. The Hall–Kier alpha value is -1.75. The third kappa shape index (κ3) is 5.27. The quantitative estimate of drug-likeness (QED) is 0.809. The Bertz CT molecular complexity index is 524. The van der Waals surface area contributed by atoms with Crippen LogP contribution in [-0.2, 0) is 12.8 Å². The molecule has 0 saturated heterocycles. The number of nitrogens with zero attached hydrogens (tertiary/aromatic N) is 3. The second-order valence-corrected chi connectivity index (χ2v) is 5.69. The molecule has 2 aromatic rings. The van der Waals surface area contributed by atoms with Gasteiger partial charge in [-0.05, 0) is 31.0 Å². The van der Waals surface area contributed by atoms with Crippen LogP contribution in [0.25, 0.3) is 0 Å². The highest BCUT2D eigenvalue weighted by molar-refractivity contribution is 5.09. The summed E-state index contributed by atoms with van der Waals surface area (Å²) in [7, 11) is 0. The maximum Gasteiger partial charge on any atom is 0.228 e. The van der Waals surface area contributed by atoms with Crippen molar-refractivity contribution in [1.82, 2.24) is 20.4 Å². The zero-order chi connectivity index (χ0) is 15.1. The number of pyridine rings is 1. The highest BCUT2D eigenvalue weighted by atomic mass is 16.5. The Morgan fingerprint density at radius 1 is 1.29 bits per heavy atom. The number of likely N-dealkylation sites (N-methyl/N-ethyl adjacent to an activating group) is 1. The molecule has 1 unspecified atom stereocenters. The van der Waals surface area contributed by atoms with Crippen LogP contribution in [0.1, 0.15) is 44.6 Å². The Morgan fingerprint density at radius 2 is 2.14 bits per heavy atom. The molecule has 0 bridgehead atoms. The Morgan fingerprint density at radius 3 is 2.81 bits per heavy atom. The molecule has 0 amide bonds. The van der Waals surface area contributed by atoms with Crippen molar-refractivity contribution in [2.45, 2.75) is 46.1 Å². The first-order valence-electron chi connectivity index (χ1n) is 7.62. The molecule has 5 nitrogen and oxygen atoms in total. The van der Waals surface area contributed by atoms with Crippen LogP contribution >= 0.6 is 0 Å². The SMILES string of the molecule is CCNC(Cc1nc(Cc2ccccn2)no1)CC(C)C. The molecule has 2 rings (SSSR count). The van der Waals surface area contributed by atoms with Gasteiger partial charge < -0.3 is 9.84 Å². The smallest absolute Gasteiger partial charge is 0.228 e. The van der Waals surface area contributed by atoms with Gasteiger partial charge in [-0.15, -0.1) is 0 Å². The minimum atomic E-state index is 0.387. The number of aromatic nitrogens is 3. The van der Waals surface area contributed by atoms with Crippen LogP contribution in [0.4, 0.5) is 0 Å². The van der Waals surface area contributed by atoms with E-state index in [1.54, 1.807) is 6.20 Å². The molecule has 114 valence electrons. The lowest BCUT2D eigenvalue weighted by molar-refractivity contribution is 0.338. The van der Waals surface area contributed by atoms with Gasteiger partial charge in [-0.1, -0.05) is 32.0 Å². The van der Waals surface area contributed by atoms with Crippen LogP contribution in [0.15, 0.2) is 28.9 Å². The lowest BCUT2D eigenvalue weighted by Gasteiger charge is -2.17. The molecular weight excluding hydrogens is 264 g/mol. The van der Waals surface area contributed by atoms with Crippen LogP contribution in [0.5, 0.6) is 0 Å². The molecule has 0 aliphatic rings. The lowest BCUT2D eigenvalue weighted by atomic mass is 10.0. The minimum absolute atomic E-state index is 0.387. The highest BCUT2D eigenvalue weighted by Crippen LogP contribution is 2.11. The maximum atomic E-state index is 5.37. The molecule has 0 aliphatic heterocycles. The number of hydrogen-bond donors (Lipinski definition) is 1. The molecule has 0 fully saturated rings. The summed E-state index contributed by atoms with van der Waals surface area (Å²) in [5, 5.41) is 7.53. The van der Waals surface area contributed by atoms with E-state index in [0.717, 1.165) is 25.1 Å². The summed E-state index contributed by atoms with van der Waals surface area (Å²) in [6, 6.07) is 6.22. The molecule has 0 aliphatic carbocycles. The predicted molar refractivity (Wildman–Crippen MR) is 82.0 cm³/mol. The Balaban J connectivity index is 1.95. The topological polar surface area (TPSA) is 63.8 Å². The van der Waals surface area contributed by atoms with Crippen molar-refractivity contribution in [2.75, 3.05) is 6.54 Å². The first kappa shape index (κ1) is 15.6. The average molecular weight is 288 g/mol. The van der Waals surface area contributed by atoms with E-state index in [0.29, 0.717) is 30.1 Å². The molecule has 1 N–H and O–H groups in total. The summed E-state index contributed by atoms with van der Waals surface area (Å²) in [6.45, 7) is 7.52. The van der Waals surface area contributed by atoms with Gasteiger partial charge in [0.2, 0.25) is 5.89 Å². The standard InChI is InChI=1S/C16H24N4O/c1-4-17-14(9-12(2)3)11-16-19-15(20-21-16)10-13-7-5-6-8-18-13/h5-8,12,14,17H,4,9-11H2,1-3H3. The maximum absolute atomic E-state index is 5.37. The second-order valence-electron chi connectivity index (χ2n) is 5.69. The van der Waals surface area contributed by atoms with Gasteiger partial charge in [0.1, 0.15) is 0 Å². The van der Waals surface area contributed by atoms with Crippen molar-refractivity contribution >= 4 is 0 Å². The summed E-state index contributed by atoms with van der Waals surface area (Å²) in [5.41, 5.74) is 0.954. The summed E-state index contributed by atoms with van der Waals surface area (Å²) in [5.74, 6) is 2.04. The van der Waals surface area contributed by atoms with Crippen molar-refractivity contribution < 1.29 is 4.52 Å². The molecule has 0 aromatic carbocycles. The molecule has 21 heavy (non-hydrogen) atoms. The molecule has 5 heteroatoms. The third-order valence-electron chi connectivity index (χ3n) is 3.25. The van der Waals surface area contributed by atoms with Gasteiger partial charge >= 0.3 is 0 Å². The van der Waals surface area contributed by atoms with Crippen molar-refractivity contribution in [3.63, 3.8) is 0 Å². The van der Waals surface area contributed by atoms with Crippen molar-refractivity contribution in [3.05, 3.63) is 41.8 Å². The number of rotatable bonds is 8. The van der Waals surface area contributed by atoms with Crippen LogP contribution in [0.3, 0.4) is 0 Å². The molecule has 0 spiro atoms. The first-order valence-corrected chi connectivity index (χ1v) is 7.62. The van der Waals surface area contributed by atoms with Crippen molar-refractivity contribution in [1.29, 1.82) is 0 Å². The van der Waals surface area contributed by atoms with Crippen LogP contribution in [0, 0.1) is 5.92 Å². The number of hydrogen-bond acceptors (Lipinski definition) is 5. The lowest BCUT2D eigenvalue weighted by Crippen LogP contribution is -2.32. The van der Waals surface area contributed by atoms with E-state index < -0.39 is 0 Å². The highest BCUT2D eigenvalue weighted by Gasteiger charge is 2.15. The second kappa shape index (κ2) is 7.88. The van der Waals surface area contributed by atoms with Crippen LogP contribution < -0.4 is 5.32 Å². The van der Waals surface area contributed by atoms with Gasteiger partial charge in [-0.25, -0.2) is 0 Å². The molecule has 1 atom stereocenters. The minimum Gasteiger partial charge on any atom is -0.339 e. The fourth-order valence-corrected chi connectivity index (χ4v) is 2.42. The van der Waals surface area contributed by atoms with Gasteiger partial charge in [0.05, 0.1) is 6.42 Å². The summed E-state index contributed by atoms with van der Waals surface area (Å²) in [4.78, 5) is 8.76. The average Bonchev–Trinajstić information content (AvgIpc) is 2.86. The summed E-state index contributed by atoms with van der Waals surface area (Å²) < 4.78 is 5.37. The van der Waals surface area contributed by atoms with E-state index in [2.05, 4.69) is 41.2 Å². The van der Waals surface area contributed by atoms with Crippen LogP contribution in [-0.4, -0.2) is 27.7 Å². The van der Waals surface area contributed by atoms with Gasteiger partial charge in [-0.2, -0.15) is 4.98 Å². The first-order chi connectivity index (χ1) is 10.2. The zero-order valence-corrected chi connectivity index (χ0v) is 13.0. The third-order valence-corrected chi connectivity index (χ3v) is 3.25. The van der Waals surface area contributed by atoms with Gasteiger partial charge in [0.25, 0.3) is 0 Å². The zero-order valence-electron chi connectivity index (χ0n) is 13.0. The monoisotopic (exact) mass is 288 g/mol. The van der Waals surface area contributed by atoms with Crippen molar-refractivity contribution in [3.8, 4) is 0 Å². The van der Waals surface area contributed by atoms with E-state index in [9.17, 15) is 0 Å². The normalized spacial score (nSPS) is 12.8. The fourth-order valence-electron chi connectivity index (χ4n) is 2.42. The van der Waals surface area contributed by atoms with Gasteiger partial charge in [0.15, 0.2) is 5.82 Å². The Labute approximate surface area is 126 Å². The molecular formula is C16H24N4O. The molecule has 2 heterocycles. The predicted octanol–water partition coefficient (Wildman–Crippen LogP) is 2.62. The van der Waals surface area contributed by atoms with Crippen molar-refractivity contribution in [2.24, 2.45) is 5.92 Å². The van der Waals surface area contributed by atoms with E-state index in [1.165, 1.54) is 0 Å². The Kier molecular flexibility index (Phi) is 5.87. The van der Waals surface area contributed by atoms with E-state index in [4.69, 9.17) is 4.52 Å². The molecule has 2 aromatic heterocycles. The number of nitrogens with one attached hydrogen (secondary N) is 1. The van der Waals surface area contributed by atoms with Gasteiger partial charge in [-0.3, -0.25) is 4.98 Å². The van der Waals surface area contributed by atoms with E-state index >= 15 is 0 Å². The van der Waals surface area contributed by atoms with Crippen LogP contribution in [0.2, 0.25) is 0 Å². The molecule has 0 radical (unpaired) electrons. The van der Waals surface area contributed by atoms with E-state index in [-0.39, 0.29) is 0 Å². The molecule has 0 saturated carbocycles.